The van der Waals surface area contributed by atoms with Gasteiger partial charge in [0.15, 0.2) is 4.77 Å². The Morgan fingerprint density at radius 3 is 2.65 bits per heavy atom. The molecule has 0 amide bonds. The molecule has 0 spiro atoms. The highest BCUT2D eigenvalue weighted by molar-refractivity contribution is 7.71. The summed E-state index contributed by atoms with van der Waals surface area (Å²) in [4.78, 5) is 17.4. The van der Waals surface area contributed by atoms with Crippen LogP contribution in [0.25, 0.3) is 21.3 Å². The molecule has 0 atom stereocenters. The van der Waals surface area contributed by atoms with Crippen LogP contribution in [0.15, 0.2) is 40.5 Å². The molecule has 0 aliphatic carbocycles. The van der Waals surface area contributed by atoms with Crippen molar-refractivity contribution in [2.45, 2.75) is 0 Å². The lowest BCUT2D eigenvalue weighted by atomic mass is 10.1. The molecule has 0 saturated heterocycles. The molecule has 0 radical (unpaired) electrons. The average molecular weight is 260 g/mol. The number of aromatic amines is 2. The van der Waals surface area contributed by atoms with E-state index in [2.05, 4.69) is 9.97 Å². The van der Waals surface area contributed by atoms with Crippen molar-refractivity contribution in [2.75, 3.05) is 0 Å². The van der Waals surface area contributed by atoms with E-state index in [1.807, 2.05) is 35.7 Å². The van der Waals surface area contributed by atoms with Crippen LogP contribution in [-0.4, -0.2) is 9.97 Å². The lowest BCUT2D eigenvalue weighted by molar-refractivity contribution is 1.15. The third-order valence-electron chi connectivity index (χ3n) is 2.55. The van der Waals surface area contributed by atoms with E-state index >= 15 is 0 Å². The van der Waals surface area contributed by atoms with Crippen LogP contribution in [-0.2, 0) is 0 Å². The summed E-state index contributed by atoms with van der Waals surface area (Å²) in [6.07, 6.45) is 0. The van der Waals surface area contributed by atoms with Gasteiger partial charge in [0.1, 0.15) is 4.70 Å². The summed E-state index contributed by atoms with van der Waals surface area (Å²) >= 11 is 6.42. The van der Waals surface area contributed by atoms with Gasteiger partial charge in [0.05, 0.1) is 5.52 Å². The first kappa shape index (κ1) is 10.4. The van der Waals surface area contributed by atoms with Gasteiger partial charge < -0.3 is 4.98 Å². The van der Waals surface area contributed by atoms with E-state index in [9.17, 15) is 4.79 Å². The minimum atomic E-state index is -0.129. The van der Waals surface area contributed by atoms with Crippen LogP contribution in [0, 0.1) is 4.77 Å². The number of thiophene rings is 1. The summed E-state index contributed by atoms with van der Waals surface area (Å²) in [6, 6.07) is 9.94. The summed E-state index contributed by atoms with van der Waals surface area (Å²) in [7, 11) is 0. The molecule has 1 aromatic carbocycles. The van der Waals surface area contributed by atoms with Gasteiger partial charge in [-0.3, -0.25) is 9.78 Å². The molecule has 3 aromatic rings. The second-order valence-electron chi connectivity index (χ2n) is 3.63. The predicted octanol–water partition coefficient (Wildman–Crippen LogP) is 3.31. The van der Waals surface area contributed by atoms with Crippen molar-refractivity contribution >= 4 is 33.8 Å². The zero-order valence-corrected chi connectivity index (χ0v) is 10.3. The first-order valence-corrected chi connectivity index (χ1v) is 6.34. The van der Waals surface area contributed by atoms with Crippen LogP contribution in [0.4, 0.5) is 0 Å². The number of H-pyrrole nitrogens is 2. The Labute approximate surface area is 106 Å². The molecule has 2 aromatic heterocycles. The highest BCUT2D eigenvalue weighted by Crippen LogP contribution is 2.30. The number of hydrogen-bond donors (Lipinski definition) is 2. The Balaban J connectivity index is 2.40. The van der Waals surface area contributed by atoms with Crippen LogP contribution < -0.4 is 5.56 Å². The number of rotatable bonds is 1. The SMILES string of the molecule is O=c1[nH]c(=S)[nH]c2c(-c3ccccc3)csc12. The minimum Gasteiger partial charge on any atom is -0.331 e. The maximum atomic E-state index is 11.7. The zero-order chi connectivity index (χ0) is 11.8. The third-order valence-corrected chi connectivity index (χ3v) is 3.73. The highest BCUT2D eigenvalue weighted by Gasteiger charge is 2.09. The Morgan fingerprint density at radius 1 is 1.12 bits per heavy atom. The lowest BCUT2D eigenvalue weighted by Crippen LogP contribution is -2.05. The van der Waals surface area contributed by atoms with Crippen LogP contribution in [0.1, 0.15) is 0 Å². The molecule has 0 fully saturated rings. The summed E-state index contributed by atoms with van der Waals surface area (Å²) < 4.78 is 1.04. The molecule has 0 saturated carbocycles. The first-order chi connectivity index (χ1) is 8.25. The molecule has 0 bridgehead atoms. The van der Waals surface area contributed by atoms with Gasteiger partial charge in [-0.2, -0.15) is 0 Å². The van der Waals surface area contributed by atoms with Gasteiger partial charge in [0.2, 0.25) is 0 Å². The van der Waals surface area contributed by atoms with Crippen molar-refractivity contribution in [3.8, 4) is 11.1 Å². The summed E-state index contributed by atoms with van der Waals surface area (Å²) in [5, 5.41) is 1.97. The van der Waals surface area contributed by atoms with Gasteiger partial charge in [-0.15, -0.1) is 11.3 Å². The van der Waals surface area contributed by atoms with Crippen molar-refractivity contribution < 1.29 is 0 Å². The van der Waals surface area contributed by atoms with Gasteiger partial charge in [-0.05, 0) is 17.8 Å². The van der Waals surface area contributed by atoms with E-state index < -0.39 is 0 Å². The van der Waals surface area contributed by atoms with E-state index in [0.717, 1.165) is 16.6 Å². The summed E-state index contributed by atoms with van der Waals surface area (Å²) in [5.41, 5.74) is 2.78. The largest absolute Gasteiger partial charge is 0.331 e. The quantitative estimate of drug-likeness (QED) is 0.659. The van der Waals surface area contributed by atoms with Gasteiger partial charge in [-0.1, -0.05) is 30.3 Å². The molecule has 5 heteroatoms. The number of nitrogens with one attached hydrogen (secondary N) is 2. The molecule has 0 aliphatic rings. The van der Waals surface area contributed by atoms with Crippen LogP contribution in [0.5, 0.6) is 0 Å². The Hall–Kier alpha value is -1.72. The molecule has 0 aliphatic heterocycles. The summed E-state index contributed by atoms with van der Waals surface area (Å²) in [6.45, 7) is 0. The van der Waals surface area contributed by atoms with Gasteiger partial charge in [0.25, 0.3) is 5.56 Å². The molecule has 3 rings (SSSR count). The maximum absolute atomic E-state index is 11.7. The fraction of sp³-hybridized carbons (Fsp3) is 0. The van der Waals surface area contributed by atoms with E-state index in [4.69, 9.17) is 12.2 Å². The van der Waals surface area contributed by atoms with E-state index in [1.54, 1.807) is 0 Å². The normalized spacial score (nSPS) is 10.8. The van der Waals surface area contributed by atoms with Gasteiger partial charge >= 0.3 is 0 Å². The topological polar surface area (TPSA) is 48.6 Å². The van der Waals surface area contributed by atoms with Crippen LogP contribution >= 0.6 is 23.6 Å². The maximum Gasteiger partial charge on any atom is 0.269 e. The number of fused-ring (bicyclic) bond motifs is 1. The van der Waals surface area contributed by atoms with Crippen LogP contribution in [0.3, 0.4) is 0 Å². The van der Waals surface area contributed by atoms with Crippen LogP contribution in [0.2, 0.25) is 0 Å². The number of hydrogen-bond acceptors (Lipinski definition) is 3. The van der Waals surface area contributed by atoms with Crippen molar-refractivity contribution in [1.29, 1.82) is 0 Å². The van der Waals surface area contributed by atoms with Crippen molar-refractivity contribution in [3.63, 3.8) is 0 Å². The number of benzene rings is 1. The molecule has 3 nitrogen and oxygen atoms in total. The first-order valence-electron chi connectivity index (χ1n) is 5.05. The van der Waals surface area contributed by atoms with E-state index in [1.165, 1.54) is 11.3 Å². The number of aromatic nitrogens is 2. The second kappa shape index (κ2) is 3.94. The predicted molar refractivity (Wildman–Crippen MR) is 73.1 cm³/mol. The van der Waals surface area contributed by atoms with Gasteiger partial charge in [0, 0.05) is 10.9 Å². The van der Waals surface area contributed by atoms with Crippen molar-refractivity contribution in [2.24, 2.45) is 0 Å². The van der Waals surface area contributed by atoms with Crippen molar-refractivity contribution in [3.05, 3.63) is 50.8 Å². The molecular formula is C12H8N2OS2. The Bertz CT molecular complexity index is 783. The lowest BCUT2D eigenvalue weighted by Gasteiger charge is -1.98. The molecule has 84 valence electrons. The molecule has 2 N–H and O–H groups in total. The zero-order valence-electron chi connectivity index (χ0n) is 8.69. The smallest absolute Gasteiger partial charge is 0.269 e. The van der Waals surface area contributed by atoms with E-state index in [0.29, 0.717) is 9.47 Å². The highest BCUT2D eigenvalue weighted by atomic mass is 32.1. The summed E-state index contributed by atoms with van der Waals surface area (Å²) in [5.74, 6) is 0. The Morgan fingerprint density at radius 2 is 1.88 bits per heavy atom. The minimum absolute atomic E-state index is 0.129. The second-order valence-corrected chi connectivity index (χ2v) is 4.92. The van der Waals surface area contributed by atoms with Crippen molar-refractivity contribution in [1.82, 2.24) is 9.97 Å². The molecular weight excluding hydrogens is 252 g/mol. The molecule has 17 heavy (non-hydrogen) atoms. The fourth-order valence-electron chi connectivity index (χ4n) is 1.78. The van der Waals surface area contributed by atoms with Gasteiger partial charge in [-0.25, -0.2) is 0 Å². The van der Waals surface area contributed by atoms with E-state index in [-0.39, 0.29) is 5.56 Å². The average Bonchev–Trinajstić information content (AvgIpc) is 2.74. The monoisotopic (exact) mass is 260 g/mol. The standard InChI is InChI=1S/C12H8N2OS2/c15-11-10-9(13-12(16)14-11)8(6-17-10)7-4-2-1-3-5-7/h1-6H,(H2,13,14,15,16). The Kier molecular flexibility index (Phi) is 2.42. The fourth-order valence-corrected chi connectivity index (χ4v) is 2.91. The third kappa shape index (κ3) is 1.73. The molecule has 0 unspecified atom stereocenters. The molecule has 2 heterocycles.